The van der Waals surface area contributed by atoms with E-state index >= 15 is 0 Å². The van der Waals surface area contributed by atoms with Crippen molar-refractivity contribution in [1.29, 1.82) is 5.26 Å². The Morgan fingerprint density at radius 1 is 1.27 bits per heavy atom. The summed E-state index contributed by atoms with van der Waals surface area (Å²) in [6.45, 7) is 3.30. The molecule has 10 heteroatoms. The number of urea groups is 1. The van der Waals surface area contributed by atoms with Crippen LogP contribution in [0.25, 0.3) is 11.1 Å². The third-order valence-corrected chi connectivity index (χ3v) is 3.83. The van der Waals surface area contributed by atoms with Crippen LogP contribution in [0.5, 0.6) is 5.75 Å². The SMILES string of the molecule is C=C(NC(N)=O)/C(=N\N(C)c1ccc(-c2ccc(F)cc2OCC#N)cc1)C(N)=O. The molecule has 2 aromatic carbocycles. The number of carbonyl (C=O) groups excluding carboxylic acids is 2. The number of anilines is 1. The highest BCUT2D eigenvalue weighted by molar-refractivity contribution is 6.45. The predicted molar refractivity (Wildman–Crippen MR) is 110 cm³/mol. The first-order valence-corrected chi connectivity index (χ1v) is 8.50. The number of rotatable bonds is 8. The summed E-state index contributed by atoms with van der Waals surface area (Å²) >= 11 is 0. The van der Waals surface area contributed by atoms with Crippen LogP contribution in [-0.2, 0) is 4.79 Å². The minimum Gasteiger partial charge on any atom is -0.478 e. The van der Waals surface area contributed by atoms with Gasteiger partial charge in [0, 0.05) is 18.7 Å². The maximum atomic E-state index is 13.5. The summed E-state index contributed by atoms with van der Waals surface area (Å²) in [4.78, 5) is 22.6. The molecule has 0 aliphatic heterocycles. The van der Waals surface area contributed by atoms with Crippen molar-refractivity contribution in [2.45, 2.75) is 0 Å². The number of benzene rings is 2. The van der Waals surface area contributed by atoms with E-state index < -0.39 is 17.8 Å². The van der Waals surface area contributed by atoms with E-state index in [4.69, 9.17) is 21.5 Å². The maximum absolute atomic E-state index is 13.5. The van der Waals surface area contributed by atoms with E-state index in [1.807, 2.05) is 6.07 Å². The maximum Gasteiger partial charge on any atom is 0.316 e. The molecule has 2 rings (SSSR count). The van der Waals surface area contributed by atoms with Crippen LogP contribution < -0.4 is 26.5 Å². The number of amides is 3. The van der Waals surface area contributed by atoms with E-state index in [0.717, 1.165) is 0 Å². The molecular formula is C20H19FN6O3. The van der Waals surface area contributed by atoms with Crippen LogP contribution >= 0.6 is 0 Å². The molecule has 5 N–H and O–H groups in total. The molecule has 0 atom stereocenters. The Labute approximate surface area is 172 Å². The van der Waals surface area contributed by atoms with Gasteiger partial charge in [-0.1, -0.05) is 18.7 Å². The number of hydrazone groups is 1. The summed E-state index contributed by atoms with van der Waals surface area (Å²) in [5.74, 6) is -1.15. The number of hydrogen-bond donors (Lipinski definition) is 3. The molecule has 0 aliphatic rings. The number of nitrogens with two attached hydrogens (primary N) is 2. The molecule has 0 saturated carbocycles. The van der Waals surface area contributed by atoms with Crippen LogP contribution in [0, 0.1) is 17.1 Å². The average Bonchev–Trinajstić information content (AvgIpc) is 2.69. The topological polar surface area (TPSA) is 147 Å². The molecule has 0 unspecified atom stereocenters. The molecule has 2 aromatic rings. The van der Waals surface area contributed by atoms with Gasteiger partial charge in [-0.3, -0.25) is 9.80 Å². The summed E-state index contributed by atoms with van der Waals surface area (Å²) in [5.41, 5.74) is 11.8. The second kappa shape index (κ2) is 9.70. The lowest BCUT2D eigenvalue weighted by molar-refractivity contribution is -0.111. The minimum absolute atomic E-state index is 0.135. The number of nitriles is 1. The van der Waals surface area contributed by atoms with Crippen LogP contribution in [0.2, 0.25) is 0 Å². The van der Waals surface area contributed by atoms with Crippen LogP contribution in [0.1, 0.15) is 0 Å². The number of hydrogen-bond acceptors (Lipinski definition) is 6. The quantitative estimate of drug-likeness (QED) is 0.449. The lowest BCUT2D eigenvalue weighted by Crippen LogP contribution is -2.37. The molecule has 0 heterocycles. The van der Waals surface area contributed by atoms with Crippen molar-refractivity contribution in [2.75, 3.05) is 18.7 Å². The molecule has 0 bridgehead atoms. The minimum atomic E-state index is -0.908. The van der Waals surface area contributed by atoms with Crippen molar-refractivity contribution < 1.29 is 18.7 Å². The van der Waals surface area contributed by atoms with E-state index in [9.17, 15) is 14.0 Å². The summed E-state index contributed by atoms with van der Waals surface area (Å²) in [7, 11) is 1.56. The highest BCUT2D eigenvalue weighted by Gasteiger charge is 2.15. The molecule has 0 aromatic heterocycles. The van der Waals surface area contributed by atoms with Crippen molar-refractivity contribution in [3.63, 3.8) is 0 Å². The molecule has 30 heavy (non-hydrogen) atoms. The van der Waals surface area contributed by atoms with Gasteiger partial charge in [0.05, 0.1) is 11.4 Å². The number of nitrogens with zero attached hydrogens (tertiary/aromatic N) is 3. The van der Waals surface area contributed by atoms with Crippen molar-refractivity contribution >= 4 is 23.3 Å². The monoisotopic (exact) mass is 410 g/mol. The standard InChI is InChI=1S/C20H19FN6O3/c1-12(25-20(24)29)18(19(23)28)26-27(2)15-6-3-13(4-7-15)16-8-5-14(21)11-17(16)30-10-9-22/h3-8,11H,1,10H2,2H3,(H2,23,28)(H3,24,25,29)/b26-18+. The number of halogens is 1. The average molecular weight is 410 g/mol. The Balaban J connectivity index is 2.31. The molecule has 0 saturated heterocycles. The highest BCUT2D eigenvalue weighted by atomic mass is 19.1. The van der Waals surface area contributed by atoms with Crippen LogP contribution in [0.15, 0.2) is 59.8 Å². The Morgan fingerprint density at radius 2 is 1.93 bits per heavy atom. The van der Waals surface area contributed by atoms with E-state index in [0.29, 0.717) is 16.8 Å². The second-order valence-electron chi connectivity index (χ2n) is 5.94. The van der Waals surface area contributed by atoms with E-state index in [1.54, 1.807) is 37.4 Å². The predicted octanol–water partition coefficient (Wildman–Crippen LogP) is 1.85. The zero-order chi connectivity index (χ0) is 22.3. The molecule has 3 amide bonds. The fourth-order valence-electron chi connectivity index (χ4n) is 2.49. The molecule has 154 valence electrons. The summed E-state index contributed by atoms with van der Waals surface area (Å²) in [5, 5.41) is 16.3. The molecule has 9 nitrogen and oxygen atoms in total. The van der Waals surface area contributed by atoms with Crippen LogP contribution in [0.3, 0.4) is 0 Å². The second-order valence-corrected chi connectivity index (χ2v) is 5.94. The lowest BCUT2D eigenvalue weighted by atomic mass is 10.0. The van der Waals surface area contributed by atoms with Crippen molar-refractivity contribution in [3.8, 4) is 22.9 Å². The first-order chi connectivity index (χ1) is 14.2. The van der Waals surface area contributed by atoms with Gasteiger partial charge in [-0.05, 0) is 29.8 Å². The van der Waals surface area contributed by atoms with Crippen molar-refractivity contribution in [1.82, 2.24) is 5.32 Å². The van der Waals surface area contributed by atoms with Gasteiger partial charge in [-0.25, -0.2) is 9.18 Å². The molecule has 0 aliphatic carbocycles. The normalized spacial score (nSPS) is 10.6. The van der Waals surface area contributed by atoms with Gasteiger partial charge in [0.15, 0.2) is 12.3 Å². The number of carbonyl (C=O) groups is 2. The summed E-state index contributed by atoms with van der Waals surface area (Å²) in [6, 6.07) is 11.8. The van der Waals surface area contributed by atoms with Crippen molar-refractivity contribution in [2.24, 2.45) is 16.6 Å². The van der Waals surface area contributed by atoms with Gasteiger partial charge in [0.2, 0.25) is 0 Å². The van der Waals surface area contributed by atoms with Gasteiger partial charge < -0.3 is 21.5 Å². The fraction of sp³-hybridized carbons (Fsp3) is 0.100. The van der Waals surface area contributed by atoms with Crippen LogP contribution in [0.4, 0.5) is 14.9 Å². The van der Waals surface area contributed by atoms with E-state index in [2.05, 4.69) is 17.0 Å². The fourth-order valence-corrected chi connectivity index (χ4v) is 2.49. The first kappa shape index (κ1) is 21.9. The van der Waals surface area contributed by atoms with Crippen LogP contribution in [-0.4, -0.2) is 31.3 Å². The van der Waals surface area contributed by atoms with Gasteiger partial charge in [0.25, 0.3) is 5.91 Å². The smallest absolute Gasteiger partial charge is 0.316 e. The summed E-state index contributed by atoms with van der Waals surface area (Å²) in [6.07, 6.45) is 0. The van der Waals surface area contributed by atoms with E-state index in [-0.39, 0.29) is 23.8 Å². The molecule has 0 radical (unpaired) electrons. The van der Waals surface area contributed by atoms with E-state index in [1.165, 1.54) is 17.1 Å². The number of primary amides is 2. The number of nitrogens with one attached hydrogen (secondary N) is 1. The molecule has 0 fully saturated rings. The van der Waals surface area contributed by atoms with Gasteiger partial charge >= 0.3 is 6.03 Å². The highest BCUT2D eigenvalue weighted by Crippen LogP contribution is 2.32. The lowest BCUT2D eigenvalue weighted by Gasteiger charge is -2.17. The Kier molecular flexibility index (Phi) is 7.08. The Bertz CT molecular complexity index is 1040. The van der Waals surface area contributed by atoms with Gasteiger partial charge in [-0.15, -0.1) is 0 Å². The Hall–Kier alpha value is -4.39. The first-order valence-electron chi connectivity index (χ1n) is 8.50. The molecular weight excluding hydrogens is 391 g/mol. The van der Waals surface area contributed by atoms with Crippen molar-refractivity contribution in [3.05, 3.63) is 60.6 Å². The third kappa shape index (κ3) is 5.56. The zero-order valence-electron chi connectivity index (χ0n) is 16.1. The van der Waals surface area contributed by atoms with Gasteiger partial charge in [0.1, 0.15) is 17.6 Å². The third-order valence-electron chi connectivity index (χ3n) is 3.83. The largest absolute Gasteiger partial charge is 0.478 e. The molecule has 0 spiro atoms. The zero-order valence-corrected chi connectivity index (χ0v) is 16.1. The summed E-state index contributed by atoms with van der Waals surface area (Å²) < 4.78 is 18.8. The number of ether oxygens (including phenoxy) is 1. The Morgan fingerprint density at radius 3 is 2.50 bits per heavy atom. The van der Waals surface area contributed by atoms with Gasteiger partial charge in [-0.2, -0.15) is 10.4 Å².